The van der Waals surface area contributed by atoms with Crippen LogP contribution in [0.1, 0.15) is 32.8 Å². The summed E-state index contributed by atoms with van der Waals surface area (Å²) in [5, 5.41) is 3.59. The average Bonchev–Trinajstić information content (AvgIpc) is 2.41. The van der Waals surface area contributed by atoms with Crippen molar-refractivity contribution in [3.63, 3.8) is 0 Å². The van der Waals surface area contributed by atoms with Crippen LogP contribution in [0.25, 0.3) is 0 Å². The maximum Gasteiger partial charge on any atom is 0.128 e. The van der Waals surface area contributed by atoms with Crippen molar-refractivity contribution in [1.29, 1.82) is 0 Å². The first-order valence-corrected chi connectivity index (χ1v) is 7.29. The smallest absolute Gasteiger partial charge is 0.128 e. The number of aryl methyl sites for hydroxylation is 1. The van der Waals surface area contributed by atoms with E-state index in [-0.39, 0.29) is 5.82 Å². The van der Waals surface area contributed by atoms with E-state index in [2.05, 4.69) is 31.0 Å². The van der Waals surface area contributed by atoms with Gasteiger partial charge in [0.2, 0.25) is 0 Å². The summed E-state index contributed by atoms with van der Waals surface area (Å²) in [6.07, 6.45) is 1.11. The zero-order valence-corrected chi connectivity index (χ0v) is 12.4. The van der Waals surface area contributed by atoms with Crippen LogP contribution < -0.4 is 10.2 Å². The molecule has 0 saturated carbocycles. The van der Waals surface area contributed by atoms with Crippen LogP contribution in [0.15, 0.2) is 18.2 Å². The zero-order valence-electron chi connectivity index (χ0n) is 12.4. The summed E-state index contributed by atoms with van der Waals surface area (Å²) in [5.74, 6) is 0.446. The molecule has 1 heterocycles. The second-order valence-electron chi connectivity index (χ2n) is 5.91. The minimum Gasteiger partial charge on any atom is -0.365 e. The third-order valence-electron chi connectivity index (χ3n) is 4.18. The van der Waals surface area contributed by atoms with E-state index in [9.17, 15) is 4.39 Å². The number of nitrogens with one attached hydrogen (secondary N) is 1. The molecule has 106 valence electrons. The van der Waals surface area contributed by atoms with Gasteiger partial charge in [-0.1, -0.05) is 26.8 Å². The fourth-order valence-corrected chi connectivity index (χ4v) is 2.76. The summed E-state index contributed by atoms with van der Waals surface area (Å²) in [7, 11) is 0. The largest absolute Gasteiger partial charge is 0.365 e. The lowest BCUT2D eigenvalue weighted by molar-refractivity contribution is 0.333. The Morgan fingerprint density at radius 3 is 2.74 bits per heavy atom. The molecule has 1 aliphatic heterocycles. The Bertz CT molecular complexity index is 431. The molecule has 0 aromatic heterocycles. The van der Waals surface area contributed by atoms with Gasteiger partial charge in [-0.05, 0) is 37.0 Å². The van der Waals surface area contributed by atoms with Gasteiger partial charge in [0.25, 0.3) is 0 Å². The van der Waals surface area contributed by atoms with Crippen LogP contribution in [0.5, 0.6) is 0 Å². The standard InChI is InChI=1S/C16H25FN2/c1-5-13-10-19(16(9-18-13)11(2)3)14-7-6-12(4)15(17)8-14/h6-8,11,13,16,18H,5,9-10H2,1-4H3. The maximum atomic E-state index is 13.8. The number of nitrogens with zero attached hydrogens (tertiary/aromatic N) is 1. The first-order chi connectivity index (χ1) is 9.02. The Kier molecular flexibility index (Phi) is 4.46. The first-order valence-electron chi connectivity index (χ1n) is 7.29. The summed E-state index contributed by atoms with van der Waals surface area (Å²) in [6.45, 7) is 10.4. The quantitative estimate of drug-likeness (QED) is 0.900. The highest BCUT2D eigenvalue weighted by atomic mass is 19.1. The minimum absolute atomic E-state index is 0.105. The Labute approximate surface area is 116 Å². The molecule has 2 unspecified atom stereocenters. The first kappa shape index (κ1) is 14.3. The molecule has 1 saturated heterocycles. The van der Waals surface area contributed by atoms with Crippen LogP contribution in [0, 0.1) is 18.7 Å². The van der Waals surface area contributed by atoms with Crippen molar-refractivity contribution in [2.75, 3.05) is 18.0 Å². The fraction of sp³-hybridized carbons (Fsp3) is 0.625. The number of benzene rings is 1. The predicted molar refractivity (Wildman–Crippen MR) is 79.2 cm³/mol. The topological polar surface area (TPSA) is 15.3 Å². The zero-order chi connectivity index (χ0) is 14.0. The van der Waals surface area contributed by atoms with E-state index in [4.69, 9.17) is 0 Å². The molecule has 3 heteroatoms. The summed E-state index contributed by atoms with van der Waals surface area (Å²) in [5.41, 5.74) is 1.73. The third-order valence-corrected chi connectivity index (χ3v) is 4.18. The highest BCUT2D eigenvalue weighted by Gasteiger charge is 2.29. The number of anilines is 1. The molecule has 1 N–H and O–H groups in total. The summed E-state index contributed by atoms with van der Waals surface area (Å²) >= 11 is 0. The molecule has 0 amide bonds. The van der Waals surface area contributed by atoms with Crippen LogP contribution >= 0.6 is 0 Å². The van der Waals surface area contributed by atoms with Crippen LogP contribution in [-0.4, -0.2) is 25.2 Å². The molecule has 19 heavy (non-hydrogen) atoms. The van der Waals surface area contributed by atoms with E-state index in [0.29, 0.717) is 23.6 Å². The summed E-state index contributed by atoms with van der Waals surface area (Å²) < 4.78 is 13.8. The summed E-state index contributed by atoms with van der Waals surface area (Å²) in [4.78, 5) is 2.37. The van der Waals surface area contributed by atoms with Crippen molar-refractivity contribution in [3.05, 3.63) is 29.6 Å². The minimum atomic E-state index is -0.105. The lowest BCUT2D eigenvalue weighted by atomic mass is 9.96. The molecule has 1 fully saturated rings. The van der Waals surface area contributed by atoms with E-state index in [0.717, 1.165) is 25.2 Å². The fourth-order valence-electron chi connectivity index (χ4n) is 2.76. The lowest BCUT2D eigenvalue weighted by Gasteiger charge is -2.44. The van der Waals surface area contributed by atoms with E-state index < -0.39 is 0 Å². The normalized spacial score (nSPS) is 24.0. The van der Waals surface area contributed by atoms with Gasteiger partial charge >= 0.3 is 0 Å². The van der Waals surface area contributed by atoms with Crippen molar-refractivity contribution >= 4 is 5.69 Å². The van der Waals surface area contributed by atoms with Crippen molar-refractivity contribution < 1.29 is 4.39 Å². The van der Waals surface area contributed by atoms with Gasteiger partial charge in [-0.25, -0.2) is 4.39 Å². The molecular weight excluding hydrogens is 239 g/mol. The van der Waals surface area contributed by atoms with Gasteiger partial charge in [0.15, 0.2) is 0 Å². The Balaban J connectivity index is 2.27. The Morgan fingerprint density at radius 2 is 2.16 bits per heavy atom. The molecule has 2 nitrogen and oxygen atoms in total. The Morgan fingerprint density at radius 1 is 1.42 bits per heavy atom. The SMILES string of the molecule is CCC1CN(c2ccc(C)c(F)c2)C(C(C)C)CN1. The number of rotatable bonds is 3. The van der Waals surface area contributed by atoms with Crippen molar-refractivity contribution in [3.8, 4) is 0 Å². The predicted octanol–water partition coefficient (Wildman–Crippen LogP) is 3.35. The molecule has 1 aliphatic rings. The molecule has 2 atom stereocenters. The molecule has 2 rings (SSSR count). The van der Waals surface area contributed by atoms with Gasteiger partial charge in [0.1, 0.15) is 5.82 Å². The molecule has 0 spiro atoms. The average molecular weight is 264 g/mol. The number of halogens is 1. The van der Waals surface area contributed by atoms with Gasteiger partial charge in [0, 0.05) is 30.9 Å². The number of piperazine rings is 1. The van der Waals surface area contributed by atoms with Crippen LogP contribution in [0.4, 0.5) is 10.1 Å². The van der Waals surface area contributed by atoms with Crippen LogP contribution in [-0.2, 0) is 0 Å². The van der Waals surface area contributed by atoms with Crippen LogP contribution in [0.3, 0.4) is 0 Å². The van der Waals surface area contributed by atoms with Gasteiger partial charge in [0.05, 0.1) is 0 Å². The molecule has 0 bridgehead atoms. The third kappa shape index (κ3) is 3.08. The van der Waals surface area contributed by atoms with Gasteiger partial charge in [-0.15, -0.1) is 0 Å². The summed E-state index contributed by atoms with van der Waals surface area (Å²) in [6, 6.07) is 6.55. The van der Waals surface area contributed by atoms with Crippen LogP contribution in [0.2, 0.25) is 0 Å². The number of hydrogen-bond acceptors (Lipinski definition) is 2. The molecule has 1 aromatic rings. The van der Waals surface area contributed by atoms with Crippen molar-refractivity contribution in [1.82, 2.24) is 5.32 Å². The second kappa shape index (κ2) is 5.91. The van der Waals surface area contributed by atoms with E-state index in [1.54, 1.807) is 6.07 Å². The van der Waals surface area contributed by atoms with Crippen molar-refractivity contribution in [2.45, 2.75) is 46.2 Å². The highest BCUT2D eigenvalue weighted by molar-refractivity contribution is 5.50. The highest BCUT2D eigenvalue weighted by Crippen LogP contribution is 2.26. The molecule has 1 aromatic carbocycles. The molecular formula is C16H25FN2. The van der Waals surface area contributed by atoms with Gasteiger partial charge in [-0.2, -0.15) is 0 Å². The van der Waals surface area contributed by atoms with Gasteiger partial charge < -0.3 is 10.2 Å². The van der Waals surface area contributed by atoms with Crippen molar-refractivity contribution in [2.24, 2.45) is 5.92 Å². The van der Waals surface area contributed by atoms with Gasteiger partial charge in [-0.3, -0.25) is 0 Å². The number of hydrogen-bond donors (Lipinski definition) is 1. The Hall–Kier alpha value is -1.09. The second-order valence-corrected chi connectivity index (χ2v) is 5.91. The lowest BCUT2D eigenvalue weighted by Crippen LogP contribution is -2.58. The molecule has 0 aliphatic carbocycles. The van der Waals surface area contributed by atoms with E-state index in [1.807, 2.05) is 19.1 Å². The van der Waals surface area contributed by atoms with E-state index in [1.165, 1.54) is 0 Å². The maximum absolute atomic E-state index is 13.8. The molecule has 0 radical (unpaired) electrons. The monoisotopic (exact) mass is 264 g/mol. The van der Waals surface area contributed by atoms with E-state index >= 15 is 0 Å².